The molecule has 1 aliphatic heterocycles. The summed E-state index contributed by atoms with van der Waals surface area (Å²) in [7, 11) is -3.31. The molecule has 1 aromatic carbocycles. The fourth-order valence-electron chi connectivity index (χ4n) is 3.55. The quantitative estimate of drug-likeness (QED) is 0.728. The number of rotatable bonds is 6. The molecule has 0 spiro atoms. The van der Waals surface area contributed by atoms with E-state index in [1.807, 2.05) is 0 Å². The SMILES string of the molecule is CS(=O)(=O)N1CCN([C@H](C(=O)O)c2cn(CC(=O)O)c3ccccc23)CC1. The van der Waals surface area contributed by atoms with Crippen molar-refractivity contribution in [2.45, 2.75) is 12.6 Å². The van der Waals surface area contributed by atoms with E-state index in [0.29, 0.717) is 16.5 Å². The Morgan fingerprint density at radius 3 is 2.30 bits per heavy atom. The Hall–Kier alpha value is -2.43. The summed E-state index contributed by atoms with van der Waals surface area (Å²) in [6.45, 7) is 0.729. The second-order valence-corrected chi connectivity index (χ2v) is 8.54. The Kier molecular flexibility index (Phi) is 5.22. The average Bonchev–Trinajstić information content (AvgIpc) is 2.92. The van der Waals surface area contributed by atoms with Gasteiger partial charge in [0.25, 0.3) is 0 Å². The van der Waals surface area contributed by atoms with Crippen LogP contribution in [-0.2, 0) is 26.2 Å². The molecule has 1 saturated heterocycles. The fraction of sp³-hybridized carbons (Fsp3) is 0.412. The monoisotopic (exact) mass is 395 g/mol. The molecule has 9 nitrogen and oxygen atoms in total. The highest BCUT2D eigenvalue weighted by molar-refractivity contribution is 7.88. The van der Waals surface area contributed by atoms with Gasteiger partial charge in [-0.3, -0.25) is 14.5 Å². The molecule has 0 saturated carbocycles. The first-order valence-electron chi connectivity index (χ1n) is 8.40. The van der Waals surface area contributed by atoms with Crippen molar-refractivity contribution in [3.63, 3.8) is 0 Å². The van der Waals surface area contributed by atoms with Crippen LogP contribution in [-0.4, -0.2) is 76.8 Å². The van der Waals surface area contributed by atoms with E-state index in [0.717, 1.165) is 6.26 Å². The molecule has 0 bridgehead atoms. The molecule has 1 atom stereocenters. The van der Waals surface area contributed by atoms with Crippen molar-refractivity contribution < 1.29 is 28.2 Å². The third-order valence-electron chi connectivity index (χ3n) is 4.76. The van der Waals surface area contributed by atoms with E-state index in [-0.39, 0.29) is 32.7 Å². The number of aliphatic carboxylic acids is 2. The van der Waals surface area contributed by atoms with Crippen molar-refractivity contribution in [1.29, 1.82) is 0 Å². The highest BCUT2D eigenvalue weighted by atomic mass is 32.2. The van der Waals surface area contributed by atoms with Crippen molar-refractivity contribution in [3.8, 4) is 0 Å². The fourth-order valence-corrected chi connectivity index (χ4v) is 4.38. The third-order valence-corrected chi connectivity index (χ3v) is 6.06. The highest BCUT2D eigenvalue weighted by Gasteiger charge is 2.34. The van der Waals surface area contributed by atoms with E-state index in [2.05, 4.69) is 0 Å². The largest absolute Gasteiger partial charge is 0.480 e. The number of nitrogens with zero attached hydrogens (tertiary/aromatic N) is 3. The zero-order valence-corrected chi connectivity index (χ0v) is 15.6. The number of sulfonamides is 1. The van der Waals surface area contributed by atoms with Gasteiger partial charge in [0.2, 0.25) is 10.0 Å². The molecule has 0 radical (unpaired) electrons. The lowest BCUT2D eigenvalue weighted by molar-refractivity contribution is -0.144. The summed E-state index contributed by atoms with van der Waals surface area (Å²) < 4.78 is 26.2. The molecule has 0 amide bonds. The Morgan fingerprint density at radius 1 is 1.11 bits per heavy atom. The zero-order valence-electron chi connectivity index (χ0n) is 14.8. The number of carbonyl (C=O) groups is 2. The standard InChI is InChI=1S/C17H21N3O6S/c1-27(25,26)20-8-6-18(7-9-20)16(17(23)24)13-10-19(11-15(21)22)14-5-3-2-4-12(13)14/h2-5,10,16H,6-9,11H2,1H3,(H,21,22)(H,23,24)/t16-/m0/s1. The molecule has 2 aromatic rings. The van der Waals surface area contributed by atoms with Crippen LogP contribution in [0.2, 0.25) is 0 Å². The van der Waals surface area contributed by atoms with Crippen molar-refractivity contribution in [2.75, 3.05) is 32.4 Å². The van der Waals surface area contributed by atoms with Crippen molar-refractivity contribution in [3.05, 3.63) is 36.0 Å². The van der Waals surface area contributed by atoms with Crippen molar-refractivity contribution in [2.24, 2.45) is 0 Å². The van der Waals surface area contributed by atoms with Gasteiger partial charge in [-0.25, -0.2) is 8.42 Å². The summed E-state index contributed by atoms with van der Waals surface area (Å²) >= 11 is 0. The molecule has 2 N–H and O–H groups in total. The zero-order chi connectivity index (χ0) is 19.8. The number of piperazine rings is 1. The van der Waals surface area contributed by atoms with Gasteiger partial charge in [-0.05, 0) is 6.07 Å². The Labute approximate surface area is 156 Å². The van der Waals surface area contributed by atoms with Crippen molar-refractivity contribution in [1.82, 2.24) is 13.8 Å². The second kappa shape index (κ2) is 7.29. The number of fused-ring (bicyclic) bond motifs is 1. The van der Waals surface area contributed by atoms with Crippen LogP contribution in [0.4, 0.5) is 0 Å². The van der Waals surface area contributed by atoms with Gasteiger partial charge >= 0.3 is 11.9 Å². The molecule has 10 heteroatoms. The van der Waals surface area contributed by atoms with Gasteiger partial charge in [-0.1, -0.05) is 18.2 Å². The maximum Gasteiger partial charge on any atom is 0.325 e. The number of carboxylic acids is 2. The summed E-state index contributed by atoms with van der Waals surface area (Å²) in [4.78, 5) is 24.9. The van der Waals surface area contributed by atoms with Crippen LogP contribution < -0.4 is 0 Å². The molecule has 1 aromatic heterocycles. The molecule has 1 fully saturated rings. The van der Waals surface area contributed by atoms with Crippen LogP contribution in [0.5, 0.6) is 0 Å². The molecule has 2 heterocycles. The number of hydrogen-bond donors (Lipinski definition) is 2. The molecule has 27 heavy (non-hydrogen) atoms. The summed E-state index contributed by atoms with van der Waals surface area (Å²) in [5, 5.41) is 19.7. The van der Waals surface area contributed by atoms with Gasteiger partial charge in [0.05, 0.1) is 6.26 Å². The lowest BCUT2D eigenvalue weighted by Crippen LogP contribution is -2.50. The van der Waals surface area contributed by atoms with Gasteiger partial charge < -0.3 is 14.8 Å². The number of benzene rings is 1. The summed E-state index contributed by atoms with van der Waals surface area (Å²) in [6, 6.07) is 6.09. The van der Waals surface area contributed by atoms with Crippen LogP contribution in [0.15, 0.2) is 30.5 Å². The molecule has 146 valence electrons. The van der Waals surface area contributed by atoms with Gasteiger partial charge in [0, 0.05) is 48.8 Å². The molecular weight excluding hydrogens is 374 g/mol. The Morgan fingerprint density at radius 2 is 1.74 bits per heavy atom. The Balaban J connectivity index is 1.97. The molecule has 3 rings (SSSR count). The smallest absolute Gasteiger partial charge is 0.325 e. The topological polar surface area (TPSA) is 120 Å². The average molecular weight is 395 g/mol. The van der Waals surface area contributed by atoms with Gasteiger partial charge in [-0.15, -0.1) is 0 Å². The minimum atomic E-state index is -3.31. The van der Waals surface area contributed by atoms with E-state index >= 15 is 0 Å². The third kappa shape index (κ3) is 3.97. The van der Waals surface area contributed by atoms with Gasteiger partial charge in [0.1, 0.15) is 12.6 Å². The second-order valence-electron chi connectivity index (χ2n) is 6.56. The van der Waals surface area contributed by atoms with E-state index in [1.165, 1.54) is 8.87 Å². The summed E-state index contributed by atoms with van der Waals surface area (Å²) in [5.41, 5.74) is 1.16. The summed E-state index contributed by atoms with van der Waals surface area (Å²) in [6.07, 6.45) is 2.71. The van der Waals surface area contributed by atoms with Gasteiger partial charge in [0.15, 0.2) is 0 Å². The first kappa shape index (κ1) is 19.3. The van der Waals surface area contributed by atoms with Crippen LogP contribution in [0, 0.1) is 0 Å². The van der Waals surface area contributed by atoms with Crippen LogP contribution >= 0.6 is 0 Å². The molecule has 0 unspecified atom stereocenters. The first-order valence-corrected chi connectivity index (χ1v) is 10.2. The highest BCUT2D eigenvalue weighted by Crippen LogP contribution is 2.31. The van der Waals surface area contributed by atoms with Crippen LogP contribution in [0.3, 0.4) is 0 Å². The molecular formula is C17H21N3O6S. The number of carboxylic acid groups (broad SMARTS) is 2. The van der Waals surface area contributed by atoms with Crippen LogP contribution in [0.1, 0.15) is 11.6 Å². The number of hydrogen-bond acceptors (Lipinski definition) is 5. The molecule has 0 aliphatic carbocycles. The normalized spacial score (nSPS) is 17.8. The van der Waals surface area contributed by atoms with E-state index in [1.54, 1.807) is 35.4 Å². The van der Waals surface area contributed by atoms with E-state index in [9.17, 15) is 23.1 Å². The summed E-state index contributed by atoms with van der Waals surface area (Å²) in [5.74, 6) is -2.07. The van der Waals surface area contributed by atoms with E-state index in [4.69, 9.17) is 5.11 Å². The predicted molar refractivity (Wildman–Crippen MR) is 97.9 cm³/mol. The Bertz CT molecular complexity index is 976. The predicted octanol–water partition coefficient (Wildman–Crippen LogP) is 0.429. The maximum atomic E-state index is 12.1. The minimum Gasteiger partial charge on any atom is -0.480 e. The lowest BCUT2D eigenvalue weighted by Gasteiger charge is -2.36. The number of para-hydroxylation sites is 1. The number of aromatic nitrogens is 1. The minimum absolute atomic E-state index is 0.219. The molecule has 1 aliphatic rings. The first-order chi connectivity index (χ1) is 12.7. The van der Waals surface area contributed by atoms with Gasteiger partial charge in [-0.2, -0.15) is 4.31 Å². The van der Waals surface area contributed by atoms with Crippen molar-refractivity contribution >= 4 is 32.9 Å². The van der Waals surface area contributed by atoms with E-state index < -0.39 is 28.0 Å². The lowest BCUT2D eigenvalue weighted by atomic mass is 10.0. The maximum absolute atomic E-state index is 12.1. The van der Waals surface area contributed by atoms with Crippen LogP contribution in [0.25, 0.3) is 10.9 Å².